The van der Waals surface area contributed by atoms with Crippen LogP contribution in [0.5, 0.6) is 5.75 Å². The zero-order valence-corrected chi connectivity index (χ0v) is 14.4. The summed E-state index contributed by atoms with van der Waals surface area (Å²) in [6.45, 7) is 10.9. The lowest BCUT2D eigenvalue weighted by Gasteiger charge is -2.16. The van der Waals surface area contributed by atoms with Gasteiger partial charge in [-0.05, 0) is 61.6 Å². The highest BCUT2D eigenvalue weighted by molar-refractivity contribution is 6.14. The van der Waals surface area contributed by atoms with Crippen LogP contribution in [-0.4, -0.2) is 30.0 Å². The predicted molar refractivity (Wildman–Crippen MR) is 90.3 cm³/mol. The zero-order valence-electron chi connectivity index (χ0n) is 14.4. The lowest BCUT2D eigenvalue weighted by atomic mass is 9.96. The number of aryl methyl sites for hydroxylation is 1. The molecule has 1 aliphatic heterocycles. The van der Waals surface area contributed by atoms with Crippen LogP contribution in [-0.2, 0) is 4.79 Å². The molecule has 1 aromatic carbocycles. The lowest BCUT2D eigenvalue weighted by molar-refractivity contribution is -0.122. The number of ether oxygens (including phenoxy) is 1. The van der Waals surface area contributed by atoms with E-state index in [1.165, 1.54) is 4.90 Å². The number of hydrogen-bond donors (Lipinski definition) is 1. The minimum absolute atomic E-state index is 0.281. The van der Waals surface area contributed by atoms with Crippen molar-refractivity contribution in [2.75, 3.05) is 13.2 Å². The van der Waals surface area contributed by atoms with Crippen molar-refractivity contribution in [3.8, 4) is 5.75 Å². The average Bonchev–Trinajstić information content (AvgIpc) is 2.75. The maximum atomic E-state index is 12.2. The summed E-state index contributed by atoms with van der Waals surface area (Å²) in [4.78, 5) is 25.1. The molecule has 1 heterocycles. The molecular weight excluding hydrogens is 292 g/mol. The molecular formula is C18H24N2O3. The molecule has 0 spiro atoms. The van der Waals surface area contributed by atoms with Gasteiger partial charge in [0, 0.05) is 6.54 Å². The van der Waals surface area contributed by atoms with Crippen molar-refractivity contribution in [1.29, 1.82) is 0 Å². The molecule has 1 fully saturated rings. The molecule has 5 nitrogen and oxygen atoms in total. The fourth-order valence-corrected chi connectivity index (χ4v) is 2.62. The Labute approximate surface area is 137 Å². The molecule has 5 heteroatoms. The number of nitrogens with one attached hydrogen (secondary N) is 1. The van der Waals surface area contributed by atoms with E-state index in [1.807, 2.05) is 26.0 Å². The first-order valence-electron chi connectivity index (χ1n) is 8.00. The molecule has 124 valence electrons. The SMILES string of the molecule is CCOc1cc(C)c(/C=C2/NC(=O)N(CC)C2=O)cc1C(C)C. The van der Waals surface area contributed by atoms with Gasteiger partial charge in [-0.1, -0.05) is 13.8 Å². The summed E-state index contributed by atoms with van der Waals surface area (Å²) in [5.41, 5.74) is 3.33. The molecule has 1 aromatic rings. The number of imide groups is 1. The Morgan fingerprint density at radius 1 is 1.26 bits per heavy atom. The number of hydrogen-bond acceptors (Lipinski definition) is 3. The number of carbonyl (C=O) groups is 2. The van der Waals surface area contributed by atoms with Crippen molar-refractivity contribution in [3.63, 3.8) is 0 Å². The molecule has 1 N–H and O–H groups in total. The maximum absolute atomic E-state index is 12.2. The van der Waals surface area contributed by atoms with E-state index in [2.05, 4.69) is 19.2 Å². The predicted octanol–water partition coefficient (Wildman–Crippen LogP) is 3.43. The van der Waals surface area contributed by atoms with Crippen LogP contribution in [0.2, 0.25) is 0 Å². The van der Waals surface area contributed by atoms with Crippen LogP contribution < -0.4 is 10.1 Å². The molecule has 0 saturated carbocycles. The van der Waals surface area contributed by atoms with Gasteiger partial charge >= 0.3 is 6.03 Å². The number of amides is 3. The topological polar surface area (TPSA) is 58.6 Å². The second-order valence-electron chi connectivity index (χ2n) is 5.87. The standard InChI is InChI=1S/C18H24N2O3/c1-6-20-17(21)15(19-18(20)22)10-13-9-14(11(3)4)16(23-7-2)8-12(13)5/h8-11H,6-7H2,1-5H3,(H,19,22)/b15-10+. The summed E-state index contributed by atoms with van der Waals surface area (Å²) < 4.78 is 5.71. The summed E-state index contributed by atoms with van der Waals surface area (Å²) in [5.74, 6) is 0.895. The minimum Gasteiger partial charge on any atom is -0.494 e. The van der Waals surface area contributed by atoms with E-state index in [4.69, 9.17) is 4.74 Å². The Kier molecular flexibility index (Phi) is 5.08. The minimum atomic E-state index is -0.364. The number of rotatable bonds is 5. The molecule has 0 radical (unpaired) electrons. The van der Waals surface area contributed by atoms with Crippen molar-refractivity contribution in [1.82, 2.24) is 10.2 Å². The van der Waals surface area contributed by atoms with E-state index in [0.717, 1.165) is 22.4 Å². The number of urea groups is 1. The van der Waals surface area contributed by atoms with Gasteiger partial charge in [-0.15, -0.1) is 0 Å². The van der Waals surface area contributed by atoms with Gasteiger partial charge in [-0.25, -0.2) is 4.79 Å². The van der Waals surface area contributed by atoms with Crippen molar-refractivity contribution in [2.24, 2.45) is 0 Å². The smallest absolute Gasteiger partial charge is 0.328 e. The van der Waals surface area contributed by atoms with Gasteiger partial charge in [-0.2, -0.15) is 0 Å². The van der Waals surface area contributed by atoms with Gasteiger partial charge in [0.2, 0.25) is 0 Å². The number of nitrogens with zero attached hydrogens (tertiary/aromatic N) is 1. The highest BCUT2D eigenvalue weighted by Crippen LogP contribution is 2.31. The third-order valence-electron chi connectivity index (χ3n) is 3.90. The van der Waals surface area contributed by atoms with E-state index in [9.17, 15) is 9.59 Å². The summed E-state index contributed by atoms with van der Waals surface area (Å²) in [7, 11) is 0. The normalized spacial score (nSPS) is 16.4. The number of likely N-dealkylation sites (N-methyl/N-ethyl adjacent to an activating group) is 1. The molecule has 1 aliphatic rings. The molecule has 1 saturated heterocycles. The second-order valence-corrected chi connectivity index (χ2v) is 5.87. The number of benzene rings is 1. The van der Waals surface area contributed by atoms with Crippen LogP contribution in [0.1, 0.15) is 50.3 Å². The van der Waals surface area contributed by atoms with E-state index in [-0.39, 0.29) is 11.9 Å². The summed E-state index contributed by atoms with van der Waals surface area (Å²) >= 11 is 0. The largest absolute Gasteiger partial charge is 0.494 e. The van der Waals surface area contributed by atoms with E-state index < -0.39 is 0 Å². The Bertz CT molecular complexity index is 662. The first-order chi connectivity index (χ1) is 10.9. The van der Waals surface area contributed by atoms with Crippen molar-refractivity contribution < 1.29 is 14.3 Å². The summed E-state index contributed by atoms with van der Waals surface area (Å²) in [6.07, 6.45) is 1.74. The molecule has 0 bridgehead atoms. The van der Waals surface area contributed by atoms with E-state index >= 15 is 0 Å². The first kappa shape index (κ1) is 17.1. The van der Waals surface area contributed by atoms with Crippen LogP contribution in [0, 0.1) is 6.92 Å². The molecule has 0 atom stereocenters. The van der Waals surface area contributed by atoms with Gasteiger partial charge in [-0.3, -0.25) is 9.69 Å². The Morgan fingerprint density at radius 3 is 2.48 bits per heavy atom. The maximum Gasteiger partial charge on any atom is 0.328 e. The van der Waals surface area contributed by atoms with Crippen molar-refractivity contribution in [2.45, 2.75) is 40.5 Å². The highest BCUT2D eigenvalue weighted by atomic mass is 16.5. The number of carbonyl (C=O) groups excluding carboxylic acids is 2. The first-order valence-corrected chi connectivity index (χ1v) is 8.00. The lowest BCUT2D eigenvalue weighted by Crippen LogP contribution is -2.30. The van der Waals surface area contributed by atoms with E-state index in [1.54, 1.807) is 13.0 Å². The van der Waals surface area contributed by atoms with E-state index in [0.29, 0.717) is 24.8 Å². The molecule has 0 unspecified atom stereocenters. The summed E-state index contributed by atoms with van der Waals surface area (Å²) in [6, 6.07) is 3.66. The summed E-state index contributed by atoms with van der Waals surface area (Å²) in [5, 5.41) is 2.64. The van der Waals surface area contributed by atoms with Crippen LogP contribution in [0.3, 0.4) is 0 Å². The van der Waals surface area contributed by atoms with Gasteiger partial charge in [0.1, 0.15) is 11.4 Å². The van der Waals surface area contributed by atoms with Gasteiger partial charge < -0.3 is 10.1 Å². The van der Waals surface area contributed by atoms with Gasteiger partial charge in [0.25, 0.3) is 5.91 Å². The molecule has 0 aromatic heterocycles. The fraction of sp³-hybridized carbons (Fsp3) is 0.444. The molecule has 23 heavy (non-hydrogen) atoms. The molecule has 2 rings (SSSR count). The third-order valence-corrected chi connectivity index (χ3v) is 3.90. The monoisotopic (exact) mass is 316 g/mol. The van der Waals surface area contributed by atoms with Crippen LogP contribution >= 0.6 is 0 Å². The molecule has 3 amide bonds. The highest BCUT2D eigenvalue weighted by Gasteiger charge is 2.32. The average molecular weight is 316 g/mol. The third kappa shape index (κ3) is 3.38. The quantitative estimate of drug-likeness (QED) is 0.669. The Hall–Kier alpha value is -2.30. The van der Waals surface area contributed by atoms with Crippen molar-refractivity contribution >= 4 is 18.0 Å². The van der Waals surface area contributed by atoms with Gasteiger partial charge in [0.15, 0.2) is 0 Å². The van der Waals surface area contributed by atoms with Crippen molar-refractivity contribution in [3.05, 3.63) is 34.5 Å². The Morgan fingerprint density at radius 2 is 1.96 bits per heavy atom. The fourth-order valence-electron chi connectivity index (χ4n) is 2.62. The zero-order chi connectivity index (χ0) is 17.1. The van der Waals surface area contributed by atoms with Crippen LogP contribution in [0.15, 0.2) is 17.8 Å². The van der Waals surface area contributed by atoms with Crippen LogP contribution in [0.25, 0.3) is 6.08 Å². The molecule has 0 aliphatic carbocycles. The Balaban J connectivity index is 2.44. The van der Waals surface area contributed by atoms with Gasteiger partial charge in [0.05, 0.1) is 6.61 Å². The van der Waals surface area contributed by atoms with Crippen LogP contribution in [0.4, 0.5) is 4.79 Å². The second kappa shape index (κ2) is 6.86.